The van der Waals surface area contributed by atoms with E-state index in [1.165, 1.54) is 146 Å². The number of allylic oxidation sites excluding steroid dienone is 4. The van der Waals surface area contributed by atoms with Crippen LogP contribution in [-0.4, -0.2) is 0 Å². The average molecular weight is 719 g/mol. The van der Waals surface area contributed by atoms with Gasteiger partial charge in [-0.25, -0.2) is 8.78 Å². The van der Waals surface area contributed by atoms with E-state index in [4.69, 9.17) is 0 Å². The van der Waals surface area contributed by atoms with Crippen molar-refractivity contribution in [2.24, 2.45) is 35.5 Å². The maximum Gasteiger partial charge on any atom is 0.123 e. The molecule has 0 atom stereocenters. The topological polar surface area (TPSA) is 0 Å². The lowest BCUT2D eigenvalue weighted by molar-refractivity contribution is 0.289. The van der Waals surface area contributed by atoms with Crippen LogP contribution in [0.1, 0.15) is 172 Å². The quantitative estimate of drug-likeness (QED) is 0.179. The van der Waals surface area contributed by atoms with Crippen molar-refractivity contribution >= 4 is 0 Å². The van der Waals surface area contributed by atoms with Crippen LogP contribution in [0.25, 0.3) is 0 Å². The van der Waals surface area contributed by atoms with Crippen molar-refractivity contribution in [3.63, 3.8) is 0 Å². The van der Waals surface area contributed by atoms with E-state index in [0.29, 0.717) is 23.7 Å². The Morgan fingerprint density at radius 3 is 1.32 bits per heavy atom. The van der Waals surface area contributed by atoms with Gasteiger partial charge in [0.15, 0.2) is 0 Å². The van der Waals surface area contributed by atoms with E-state index in [-0.39, 0.29) is 11.6 Å². The van der Waals surface area contributed by atoms with Gasteiger partial charge >= 0.3 is 0 Å². The van der Waals surface area contributed by atoms with E-state index in [2.05, 4.69) is 61.8 Å². The molecule has 2 aromatic rings. The standard InChI is InChI=1S/C27H37F.C24H31F/c1-2-3-4-7-22-10-12-23(13-11-22)8-5-6-9-24-14-16-25(17-15-24)26-18-20-27(28)21-19-26;1-2-19-7-9-20(10-8-19)5-3-4-6-21-11-13-22(14-12-21)23-15-17-24(25)18-16-23/h5,8,18-25H,2-4,7,10-17H2,1H3;3,5,15-22H,2,7-14H2,1H3. The summed E-state index contributed by atoms with van der Waals surface area (Å²) < 4.78 is 26.1. The Bertz CT molecular complexity index is 1480. The Labute approximate surface area is 323 Å². The first-order valence-corrected chi connectivity index (χ1v) is 21.8. The molecular formula is C51H68F2. The minimum absolute atomic E-state index is 0.139. The third-order valence-corrected chi connectivity index (χ3v) is 13.2. The zero-order valence-corrected chi connectivity index (χ0v) is 33.2. The van der Waals surface area contributed by atoms with E-state index in [1.54, 1.807) is 24.3 Å². The Kier molecular flexibility index (Phi) is 17.8. The summed E-state index contributed by atoms with van der Waals surface area (Å²) in [6.07, 6.45) is 36.4. The van der Waals surface area contributed by atoms with Gasteiger partial charge in [-0.2, -0.15) is 0 Å². The molecule has 0 unspecified atom stereocenters. The van der Waals surface area contributed by atoms with Crippen LogP contribution in [0.5, 0.6) is 0 Å². The smallest absolute Gasteiger partial charge is 0.123 e. The van der Waals surface area contributed by atoms with Gasteiger partial charge in [-0.05, 0) is 186 Å². The molecule has 2 aromatic carbocycles. The highest BCUT2D eigenvalue weighted by Crippen LogP contribution is 2.37. The first kappa shape index (κ1) is 41.1. The minimum atomic E-state index is -0.140. The van der Waals surface area contributed by atoms with E-state index >= 15 is 0 Å². The first-order chi connectivity index (χ1) is 26.0. The van der Waals surface area contributed by atoms with Crippen molar-refractivity contribution in [1.82, 2.24) is 0 Å². The maximum absolute atomic E-state index is 13.1. The molecule has 4 aliphatic carbocycles. The molecule has 0 nitrogen and oxygen atoms in total. The van der Waals surface area contributed by atoms with Crippen molar-refractivity contribution in [1.29, 1.82) is 0 Å². The van der Waals surface area contributed by atoms with Crippen LogP contribution < -0.4 is 0 Å². The molecule has 286 valence electrons. The Morgan fingerprint density at radius 1 is 0.509 bits per heavy atom. The van der Waals surface area contributed by atoms with E-state index in [1.807, 2.05) is 24.3 Å². The summed E-state index contributed by atoms with van der Waals surface area (Å²) in [5.74, 6) is 19.0. The van der Waals surface area contributed by atoms with Crippen molar-refractivity contribution in [2.45, 2.75) is 161 Å². The lowest BCUT2D eigenvalue weighted by Gasteiger charge is -2.26. The molecule has 0 aliphatic heterocycles. The Hall–Kier alpha value is -3.10. The summed E-state index contributed by atoms with van der Waals surface area (Å²) in [7, 11) is 0. The van der Waals surface area contributed by atoms with E-state index < -0.39 is 0 Å². The van der Waals surface area contributed by atoms with Crippen LogP contribution in [0.2, 0.25) is 0 Å². The van der Waals surface area contributed by atoms with Crippen LogP contribution in [0.3, 0.4) is 0 Å². The van der Waals surface area contributed by atoms with Crippen LogP contribution in [0, 0.1) is 70.8 Å². The molecular weight excluding hydrogens is 651 g/mol. The van der Waals surface area contributed by atoms with Crippen molar-refractivity contribution < 1.29 is 8.78 Å². The number of hydrogen-bond donors (Lipinski definition) is 0. The predicted octanol–water partition coefficient (Wildman–Crippen LogP) is 14.9. The molecule has 53 heavy (non-hydrogen) atoms. The summed E-state index contributed by atoms with van der Waals surface area (Å²) >= 11 is 0. The lowest BCUT2D eigenvalue weighted by atomic mass is 9.79. The van der Waals surface area contributed by atoms with Crippen LogP contribution in [0.15, 0.2) is 72.8 Å². The molecule has 0 aromatic heterocycles. The van der Waals surface area contributed by atoms with Crippen molar-refractivity contribution in [3.8, 4) is 23.7 Å². The van der Waals surface area contributed by atoms with Crippen molar-refractivity contribution in [2.75, 3.05) is 0 Å². The molecule has 0 amide bonds. The van der Waals surface area contributed by atoms with Crippen LogP contribution >= 0.6 is 0 Å². The van der Waals surface area contributed by atoms with Crippen molar-refractivity contribution in [3.05, 3.63) is 95.6 Å². The molecule has 0 spiro atoms. The third kappa shape index (κ3) is 14.6. The fourth-order valence-electron chi connectivity index (χ4n) is 9.45. The summed E-state index contributed by atoms with van der Waals surface area (Å²) in [5.41, 5.74) is 2.58. The molecule has 4 saturated carbocycles. The Morgan fingerprint density at radius 2 is 0.925 bits per heavy atom. The van der Waals surface area contributed by atoms with Gasteiger partial charge in [0.1, 0.15) is 11.6 Å². The van der Waals surface area contributed by atoms with Gasteiger partial charge in [-0.3, -0.25) is 0 Å². The monoisotopic (exact) mass is 719 g/mol. The molecule has 0 saturated heterocycles. The number of hydrogen-bond acceptors (Lipinski definition) is 0. The first-order valence-electron chi connectivity index (χ1n) is 21.8. The maximum atomic E-state index is 13.1. The van der Waals surface area contributed by atoms with Crippen LogP contribution in [-0.2, 0) is 0 Å². The highest BCUT2D eigenvalue weighted by atomic mass is 19.1. The molecule has 0 N–H and O–H groups in total. The van der Waals surface area contributed by atoms with Crippen LogP contribution in [0.4, 0.5) is 8.78 Å². The molecule has 4 aliphatic rings. The largest absolute Gasteiger partial charge is 0.207 e. The molecule has 2 heteroatoms. The van der Waals surface area contributed by atoms with Gasteiger partial charge in [-0.1, -0.05) is 106 Å². The van der Waals surface area contributed by atoms with Gasteiger partial charge in [0.2, 0.25) is 0 Å². The molecule has 6 rings (SSSR count). The van der Waals surface area contributed by atoms with Gasteiger partial charge in [-0.15, -0.1) is 0 Å². The number of halogens is 2. The molecule has 4 fully saturated rings. The summed E-state index contributed by atoms with van der Waals surface area (Å²) in [5, 5.41) is 0. The Balaban J connectivity index is 0.000000206. The summed E-state index contributed by atoms with van der Waals surface area (Å²) in [6.45, 7) is 4.61. The molecule has 0 bridgehead atoms. The fourth-order valence-corrected chi connectivity index (χ4v) is 9.45. The second-order valence-electron chi connectivity index (χ2n) is 17.0. The van der Waals surface area contributed by atoms with Gasteiger partial charge in [0.25, 0.3) is 0 Å². The molecule has 0 heterocycles. The van der Waals surface area contributed by atoms with Gasteiger partial charge < -0.3 is 0 Å². The van der Waals surface area contributed by atoms with E-state index in [0.717, 1.165) is 23.7 Å². The summed E-state index contributed by atoms with van der Waals surface area (Å²) in [4.78, 5) is 0. The predicted molar refractivity (Wildman–Crippen MR) is 221 cm³/mol. The normalized spacial score (nSPS) is 29.0. The van der Waals surface area contributed by atoms with Gasteiger partial charge in [0.05, 0.1) is 0 Å². The number of rotatable bonds is 9. The second-order valence-corrected chi connectivity index (χ2v) is 17.0. The highest BCUT2D eigenvalue weighted by molar-refractivity contribution is 5.24. The zero-order chi connectivity index (χ0) is 37.1. The average Bonchev–Trinajstić information content (AvgIpc) is 3.20. The second kappa shape index (κ2) is 23.0. The summed E-state index contributed by atoms with van der Waals surface area (Å²) in [6, 6.07) is 14.1. The number of unbranched alkanes of at least 4 members (excludes halogenated alkanes) is 2. The lowest BCUT2D eigenvalue weighted by Crippen LogP contribution is -2.13. The fraction of sp³-hybridized carbons (Fsp3) is 0.608. The minimum Gasteiger partial charge on any atom is -0.207 e. The number of benzene rings is 2. The zero-order valence-electron chi connectivity index (χ0n) is 33.2. The molecule has 0 radical (unpaired) electrons. The van der Waals surface area contributed by atoms with Gasteiger partial charge in [0, 0.05) is 11.8 Å². The third-order valence-electron chi connectivity index (χ3n) is 13.2. The SMILES string of the molecule is CCC1CCC(C=CC#CC2CCC(c3ccc(F)cc3)CC2)CC1.CCCCCC1CCC(C=CC#CC2CCC(c3ccc(F)cc3)CC2)CC1. The van der Waals surface area contributed by atoms with E-state index in [9.17, 15) is 8.78 Å². The highest BCUT2D eigenvalue weighted by Gasteiger charge is 2.23.